The minimum Gasteiger partial charge on any atom is -0.460 e. The van der Waals surface area contributed by atoms with Gasteiger partial charge < -0.3 is 14.5 Å². The van der Waals surface area contributed by atoms with E-state index in [0.29, 0.717) is 61.5 Å². The van der Waals surface area contributed by atoms with Crippen molar-refractivity contribution in [1.29, 1.82) is 5.26 Å². The average Bonchev–Trinajstić information content (AvgIpc) is 3.16. The molecule has 1 aromatic heterocycles. The Morgan fingerprint density at radius 2 is 1.91 bits per heavy atom. The van der Waals surface area contributed by atoms with Crippen LogP contribution in [0.2, 0.25) is 0 Å². The summed E-state index contributed by atoms with van der Waals surface area (Å²) < 4.78 is 5.53. The SMILES string of the molecule is CC(C)C(=O)c1cc(C#N)c(N2CCC(C(=O)OC(C)(C)C)CC2)nc1CN1CCCC1=O. The number of Topliss-reactive ketones (excluding diaryl/α,β-unsaturated/α-hetero) is 1. The first-order valence-electron chi connectivity index (χ1n) is 11.7. The molecule has 2 aliphatic heterocycles. The Balaban J connectivity index is 1.86. The van der Waals surface area contributed by atoms with Crippen LogP contribution in [0.15, 0.2) is 6.07 Å². The van der Waals surface area contributed by atoms with Crippen molar-refractivity contribution in [2.45, 2.75) is 72.4 Å². The van der Waals surface area contributed by atoms with Crippen LogP contribution < -0.4 is 4.90 Å². The Morgan fingerprint density at radius 3 is 2.42 bits per heavy atom. The quantitative estimate of drug-likeness (QED) is 0.479. The summed E-state index contributed by atoms with van der Waals surface area (Å²) in [6.07, 6.45) is 2.52. The molecule has 2 saturated heterocycles. The first kappa shape index (κ1) is 24.7. The van der Waals surface area contributed by atoms with Crippen LogP contribution in [-0.4, -0.2) is 52.8 Å². The number of aromatic nitrogens is 1. The number of likely N-dealkylation sites (tertiary alicyclic amines) is 1. The maximum atomic E-state index is 12.9. The number of piperidine rings is 1. The lowest BCUT2D eigenvalue weighted by molar-refractivity contribution is -0.160. The maximum absolute atomic E-state index is 12.9. The van der Waals surface area contributed by atoms with Crippen LogP contribution in [0.1, 0.15) is 81.9 Å². The fraction of sp³-hybridized carbons (Fsp3) is 0.640. The van der Waals surface area contributed by atoms with Crippen LogP contribution in [0.4, 0.5) is 5.82 Å². The van der Waals surface area contributed by atoms with E-state index in [2.05, 4.69) is 6.07 Å². The molecule has 2 fully saturated rings. The molecule has 8 nitrogen and oxygen atoms in total. The van der Waals surface area contributed by atoms with Crippen molar-refractivity contribution in [3.05, 3.63) is 22.9 Å². The number of amides is 1. The highest BCUT2D eigenvalue weighted by molar-refractivity contribution is 5.99. The molecule has 1 amide bonds. The molecule has 178 valence electrons. The third-order valence-corrected chi connectivity index (χ3v) is 6.04. The minimum absolute atomic E-state index is 0.0591. The van der Waals surface area contributed by atoms with E-state index in [4.69, 9.17) is 9.72 Å². The van der Waals surface area contributed by atoms with Crippen LogP contribution in [0, 0.1) is 23.2 Å². The van der Waals surface area contributed by atoms with Crippen LogP contribution in [0.5, 0.6) is 0 Å². The number of ether oxygens (including phenoxy) is 1. The van der Waals surface area contributed by atoms with Gasteiger partial charge in [0.05, 0.1) is 23.7 Å². The van der Waals surface area contributed by atoms with Gasteiger partial charge in [-0.1, -0.05) is 13.8 Å². The number of carbonyl (C=O) groups is 3. The van der Waals surface area contributed by atoms with E-state index in [0.717, 1.165) is 6.42 Å². The van der Waals surface area contributed by atoms with Gasteiger partial charge in [-0.05, 0) is 46.1 Å². The number of nitriles is 1. The highest BCUT2D eigenvalue weighted by Crippen LogP contribution is 2.29. The topological polar surface area (TPSA) is 104 Å². The van der Waals surface area contributed by atoms with Crippen molar-refractivity contribution >= 4 is 23.5 Å². The van der Waals surface area contributed by atoms with Gasteiger partial charge in [-0.15, -0.1) is 0 Å². The summed E-state index contributed by atoms with van der Waals surface area (Å²) in [4.78, 5) is 46.1. The Labute approximate surface area is 195 Å². The summed E-state index contributed by atoms with van der Waals surface area (Å²) >= 11 is 0. The monoisotopic (exact) mass is 454 g/mol. The Bertz CT molecular complexity index is 966. The standard InChI is InChI=1S/C25H34N4O4/c1-16(2)22(31)19-13-18(14-26)23(27-20(19)15-29-10-6-7-21(29)30)28-11-8-17(9-12-28)24(32)33-25(3,4)5/h13,16-17H,6-12,15H2,1-5H3. The van der Waals surface area contributed by atoms with Gasteiger partial charge >= 0.3 is 5.97 Å². The van der Waals surface area contributed by atoms with E-state index in [1.54, 1.807) is 11.0 Å². The molecule has 2 aliphatic rings. The fourth-order valence-corrected chi connectivity index (χ4v) is 4.27. The highest BCUT2D eigenvalue weighted by atomic mass is 16.6. The largest absolute Gasteiger partial charge is 0.460 e. The van der Waals surface area contributed by atoms with Gasteiger partial charge in [0, 0.05) is 37.5 Å². The molecule has 8 heteroatoms. The Hall–Kier alpha value is -2.95. The molecule has 0 radical (unpaired) electrons. The number of carbonyl (C=O) groups excluding carboxylic acids is 3. The average molecular weight is 455 g/mol. The normalized spacial score (nSPS) is 17.4. The molecule has 0 atom stereocenters. The zero-order valence-electron chi connectivity index (χ0n) is 20.3. The molecule has 0 aromatic carbocycles. The Morgan fingerprint density at radius 1 is 1.24 bits per heavy atom. The summed E-state index contributed by atoms with van der Waals surface area (Å²) in [5, 5.41) is 9.81. The molecule has 1 aromatic rings. The summed E-state index contributed by atoms with van der Waals surface area (Å²) in [7, 11) is 0. The number of anilines is 1. The molecule has 0 unspecified atom stereocenters. The summed E-state index contributed by atoms with van der Waals surface area (Å²) in [6.45, 7) is 11.2. The predicted octanol–water partition coefficient (Wildman–Crippen LogP) is 3.47. The highest BCUT2D eigenvalue weighted by Gasteiger charge is 2.32. The number of nitrogens with zero attached hydrogens (tertiary/aromatic N) is 4. The van der Waals surface area contributed by atoms with E-state index in [-0.39, 0.29) is 36.0 Å². The van der Waals surface area contributed by atoms with Crippen LogP contribution in [0.3, 0.4) is 0 Å². The molecule has 0 aliphatic carbocycles. The molecular weight excluding hydrogens is 420 g/mol. The van der Waals surface area contributed by atoms with Crippen molar-refractivity contribution < 1.29 is 19.1 Å². The van der Waals surface area contributed by atoms with Crippen molar-refractivity contribution in [2.75, 3.05) is 24.5 Å². The molecule has 0 N–H and O–H groups in total. The number of hydrogen-bond donors (Lipinski definition) is 0. The number of esters is 1. The number of pyridine rings is 1. The molecule has 0 bridgehead atoms. The predicted molar refractivity (Wildman–Crippen MR) is 124 cm³/mol. The molecule has 0 saturated carbocycles. The van der Waals surface area contributed by atoms with E-state index in [1.165, 1.54) is 0 Å². The summed E-state index contributed by atoms with van der Waals surface area (Å²) in [6, 6.07) is 3.82. The molecule has 33 heavy (non-hydrogen) atoms. The molecule has 3 rings (SSSR count). The summed E-state index contributed by atoms with van der Waals surface area (Å²) in [5.74, 6) is -0.139. The molecule has 0 spiro atoms. The number of rotatable bonds is 6. The van der Waals surface area contributed by atoms with Crippen LogP contribution in [-0.2, 0) is 20.9 Å². The van der Waals surface area contributed by atoms with E-state index >= 15 is 0 Å². The lowest BCUT2D eigenvalue weighted by Gasteiger charge is -2.34. The van der Waals surface area contributed by atoms with Crippen LogP contribution in [0.25, 0.3) is 0 Å². The second-order valence-corrected chi connectivity index (χ2v) is 10.2. The lowest BCUT2D eigenvalue weighted by Crippen LogP contribution is -2.39. The first-order valence-corrected chi connectivity index (χ1v) is 11.7. The van der Waals surface area contributed by atoms with Gasteiger partial charge in [0.1, 0.15) is 17.5 Å². The molecule has 3 heterocycles. The van der Waals surface area contributed by atoms with Gasteiger partial charge in [0.25, 0.3) is 0 Å². The third kappa shape index (κ3) is 5.89. The van der Waals surface area contributed by atoms with E-state index in [1.807, 2.05) is 39.5 Å². The fourth-order valence-electron chi connectivity index (χ4n) is 4.27. The summed E-state index contributed by atoms with van der Waals surface area (Å²) in [5.41, 5.74) is 0.761. The minimum atomic E-state index is -0.523. The Kier molecular flexibility index (Phi) is 7.41. The van der Waals surface area contributed by atoms with Crippen molar-refractivity contribution in [3.63, 3.8) is 0 Å². The van der Waals surface area contributed by atoms with Crippen molar-refractivity contribution in [3.8, 4) is 6.07 Å². The smallest absolute Gasteiger partial charge is 0.309 e. The molecular formula is C25H34N4O4. The van der Waals surface area contributed by atoms with Gasteiger partial charge in [-0.25, -0.2) is 4.98 Å². The van der Waals surface area contributed by atoms with Gasteiger partial charge in [-0.3, -0.25) is 14.4 Å². The van der Waals surface area contributed by atoms with Crippen LogP contribution >= 0.6 is 0 Å². The van der Waals surface area contributed by atoms with Gasteiger partial charge in [-0.2, -0.15) is 5.26 Å². The van der Waals surface area contributed by atoms with Crippen molar-refractivity contribution in [2.24, 2.45) is 11.8 Å². The first-order chi connectivity index (χ1) is 15.5. The van der Waals surface area contributed by atoms with E-state index in [9.17, 15) is 19.6 Å². The van der Waals surface area contributed by atoms with Crippen molar-refractivity contribution in [1.82, 2.24) is 9.88 Å². The zero-order valence-corrected chi connectivity index (χ0v) is 20.3. The third-order valence-electron chi connectivity index (χ3n) is 6.04. The maximum Gasteiger partial charge on any atom is 0.309 e. The lowest BCUT2D eigenvalue weighted by atomic mass is 9.95. The van der Waals surface area contributed by atoms with Gasteiger partial charge in [0.15, 0.2) is 5.78 Å². The number of ketones is 1. The second-order valence-electron chi connectivity index (χ2n) is 10.2. The van der Waals surface area contributed by atoms with E-state index < -0.39 is 5.60 Å². The number of hydrogen-bond acceptors (Lipinski definition) is 7. The zero-order chi connectivity index (χ0) is 24.3. The van der Waals surface area contributed by atoms with Gasteiger partial charge in [0.2, 0.25) is 5.91 Å². The second kappa shape index (κ2) is 9.90.